The van der Waals surface area contributed by atoms with E-state index in [1.165, 1.54) is 5.56 Å². The number of hydrogen-bond acceptors (Lipinski definition) is 2. The van der Waals surface area contributed by atoms with Gasteiger partial charge in [0.25, 0.3) is 0 Å². The third-order valence-corrected chi connectivity index (χ3v) is 4.14. The summed E-state index contributed by atoms with van der Waals surface area (Å²) >= 11 is 1.76. The van der Waals surface area contributed by atoms with Crippen LogP contribution in [0.5, 0.6) is 0 Å². The maximum atomic E-state index is 11.8. The van der Waals surface area contributed by atoms with Gasteiger partial charge in [-0.25, -0.2) is 0 Å². The van der Waals surface area contributed by atoms with Crippen molar-refractivity contribution >= 4 is 17.5 Å². The Balaban J connectivity index is 2.43. The number of rotatable bonds is 6. The highest BCUT2D eigenvalue weighted by atomic mass is 32.2. The molecular formula is C14H20OS. The minimum absolute atomic E-state index is 0.333. The van der Waals surface area contributed by atoms with Crippen molar-refractivity contribution in [1.29, 1.82) is 0 Å². The molecule has 1 rings (SSSR count). The van der Waals surface area contributed by atoms with Crippen molar-refractivity contribution in [3.8, 4) is 0 Å². The SMILES string of the molecule is CCC(C)SCC(=O)Cc1ccccc1C. The first-order valence-corrected chi connectivity index (χ1v) is 6.86. The molecule has 0 aliphatic carbocycles. The topological polar surface area (TPSA) is 17.1 Å². The average Bonchev–Trinajstić information content (AvgIpc) is 2.29. The van der Waals surface area contributed by atoms with Crippen LogP contribution in [0.2, 0.25) is 0 Å². The van der Waals surface area contributed by atoms with E-state index in [0.717, 1.165) is 12.0 Å². The smallest absolute Gasteiger partial charge is 0.147 e. The summed E-state index contributed by atoms with van der Waals surface area (Å²) < 4.78 is 0. The van der Waals surface area contributed by atoms with Crippen molar-refractivity contribution in [3.05, 3.63) is 35.4 Å². The highest BCUT2D eigenvalue weighted by molar-refractivity contribution is 8.00. The minimum atomic E-state index is 0.333. The molecule has 0 spiro atoms. The number of aryl methyl sites for hydroxylation is 1. The van der Waals surface area contributed by atoms with Crippen LogP contribution in [0.1, 0.15) is 31.4 Å². The molecule has 88 valence electrons. The monoisotopic (exact) mass is 236 g/mol. The fourth-order valence-corrected chi connectivity index (χ4v) is 2.23. The maximum absolute atomic E-state index is 11.8. The molecule has 16 heavy (non-hydrogen) atoms. The van der Waals surface area contributed by atoms with Crippen LogP contribution in [0.15, 0.2) is 24.3 Å². The molecule has 1 atom stereocenters. The number of thioether (sulfide) groups is 1. The largest absolute Gasteiger partial charge is 0.298 e. The first kappa shape index (κ1) is 13.3. The Labute approximate surface area is 103 Å². The second kappa shape index (κ2) is 6.74. The lowest BCUT2D eigenvalue weighted by Gasteiger charge is -2.08. The summed E-state index contributed by atoms with van der Waals surface area (Å²) in [4.78, 5) is 11.8. The molecule has 1 unspecified atom stereocenters. The van der Waals surface area contributed by atoms with Crippen molar-refractivity contribution in [1.82, 2.24) is 0 Å². The zero-order chi connectivity index (χ0) is 12.0. The van der Waals surface area contributed by atoms with E-state index in [9.17, 15) is 4.79 Å². The lowest BCUT2D eigenvalue weighted by atomic mass is 10.0. The molecule has 0 N–H and O–H groups in total. The summed E-state index contributed by atoms with van der Waals surface area (Å²) in [6.07, 6.45) is 1.71. The van der Waals surface area contributed by atoms with Gasteiger partial charge in [0.05, 0.1) is 5.75 Å². The molecule has 0 aliphatic rings. The van der Waals surface area contributed by atoms with Gasteiger partial charge in [0, 0.05) is 11.7 Å². The molecule has 0 bridgehead atoms. The predicted molar refractivity (Wildman–Crippen MR) is 72.1 cm³/mol. The van der Waals surface area contributed by atoms with Crippen molar-refractivity contribution < 1.29 is 4.79 Å². The summed E-state index contributed by atoms with van der Waals surface area (Å²) in [7, 11) is 0. The van der Waals surface area contributed by atoms with Crippen LogP contribution >= 0.6 is 11.8 Å². The number of carbonyl (C=O) groups excluding carboxylic acids is 1. The molecule has 0 aliphatic heterocycles. The van der Waals surface area contributed by atoms with E-state index < -0.39 is 0 Å². The highest BCUT2D eigenvalue weighted by Gasteiger charge is 2.08. The first-order valence-electron chi connectivity index (χ1n) is 5.81. The molecule has 1 aromatic carbocycles. The second-order valence-electron chi connectivity index (χ2n) is 4.17. The normalized spacial score (nSPS) is 12.4. The van der Waals surface area contributed by atoms with E-state index in [2.05, 4.69) is 26.8 Å². The van der Waals surface area contributed by atoms with Crippen molar-refractivity contribution in [2.24, 2.45) is 0 Å². The van der Waals surface area contributed by atoms with Crippen molar-refractivity contribution in [3.63, 3.8) is 0 Å². The van der Waals surface area contributed by atoms with E-state index >= 15 is 0 Å². The first-order chi connectivity index (χ1) is 7.63. The number of carbonyl (C=O) groups is 1. The Hall–Kier alpha value is -0.760. The quantitative estimate of drug-likeness (QED) is 0.750. The zero-order valence-electron chi connectivity index (χ0n) is 10.3. The Morgan fingerprint density at radius 1 is 1.38 bits per heavy atom. The van der Waals surface area contributed by atoms with Crippen LogP contribution in [0.25, 0.3) is 0 Å². The third-order valence-electron chi connectivity index (χ3n) is 2.75. The van der Waals surface area contributed by atoms with Crippen LogP contribution in [-0.2, 0) is 11.2 Å². The van der Waals surface area contributed by atoms with Gasteiger partial charge < -0.3 is 0 Å². The van der Waals surface area contributed by atoms with Gasteiger partial charge in [-0.2, -0.15) is 11.8 Å². The van der Waals surface area contributed by atoms with Crippen LogP contribution < -0.4 is 0 Å². The third kappa shape index (κ3) is 4.40. The average molecular weight is 236 g/mol. The summed E-state index contributed by atoms with van der Waals surface area (Å²) in [5.74, 6) is 0.975. The predicted octanol–water partition coefficient (Wildman–Crippen LogP) is 3.64. The summed E-state index contributed by atoms with van der Waals surface area (Å²) in [6, 6.07) is 8.11. The second-order valence-corrected chi connectivity index (χ2v) is 5.60. The van der Waals surface area contributed by atoms with Crippen LogP contribution in [0.3, 0.4) is 0 Å². The molecule has 0 fully saturated rings. The molecule has 1 aromatic rings. The molecule has 2 heteroatoms. The molecular weight excluding hydrogens is 216 g/mol. The van der Waals surface area contributed by atoms with E-state index in [1.54, 1.807) is 11.8 Å². The number of Topliss-reactive ketones (excluding diaryl/α,β-unsaturated/α-hetero) is 1. The van der Waals surface area contributed by atoms with Gasteiger partial charge in [0.15, 0.2) is 0 Å². The molecule has 1 nitrogen and oxygen atoms in total. The van der Waals surface area contributed by atoms with E-state index in [0.29, 0.717) is 23.2 Å². The van der Waals surface area contributed by atoms with Gasteiger partial charge in [-0.15, -0.1) is 0 Å². The van der Waals surface area contributed by atoms with Gasteiger partial charge in [0.1, 0.15) is 5.78 Å². The zero-order valence-corrected chi connectivity index (χ0v) is 11.1. The standard InChI is InChI=1S/C14H20OS/c1-4-12(3)16-10-14(15)9-13-8-6-5-7-11(13)2/h5-8,12H,4,9-10H2,1-3H3. The fraction of sp³-hybridized carbons (Fsp3) is 0.500. The number of benzene rings is 1. The molecule has 0 heterocycles. The van der Waals surface area contributed by atoms with Crippen molar-refractivity contribution in [2.75, 3.05) is 5.75 Å². The van der Waals surface area contributed by atoms with Gasteiger partial charge >= 0.3 is 0 Å². The molecule has 0 aromatic heterocycles. The molecule has 0 amide bonds. The molecule has 0 saturated carbocycles. The Bertz CT molecular complexity index is 346. The van der Waals surface area contributed by atoms with Crippen LogP contribution in [0, 0.1) is 6.92 Å². The summed E-state index contributed by atoms with van der Waals surface area (Å²) in [5, 5.41) is 0.584. The van der Waals surface area contributed by atoms with E-state index in [1.807, 2.05) is 18.2 Å². The van der Waals surface area contributed by atoms with E-state index in [4.69, 9.17) is 0 Å². The number of hydrogen-bond donors (Lipinski definition) is 0. The maximum Gasteiger partial charge on any atom is 0.147 e. The number of ketones is 1. The lowest BCUT2D eigenvalue weighted by Crippen LogP contribution is -2.09. The highest BCUT2D eigenvalue weighted by Crippen LogP contribution is 2.15. The fourth-order valence-electron chi connectivity index (χ4n) is 1.42. The Morgan fingerprint density at radius 3 is 2.69 bits per heavy atom. The Kier molecular flexibility index (Phi) is 5.61. The van der Waals surface area contributed by atoms with Gasteiger partial charge in [-0.1, -0.05) is 38.1 Å². The Morgan fingerprint density at radius 2 is 2.06 bits per heavy atom. The lowest BCUT2D eigenvalue weighted by molar-refractivity contribution is -0.116. The van der Waals surface area contributed by atoms with Gasteiger partial charge in [0.2, 0.25) is 0 Å². The molecule has 0 radical (unpaired) electrons. The van der Waals surface area contributed by atoms with Crippen LogP contribution in [0.4, 0.5) is 0 Å². The van der Waals surface area contributed by atoms with Gasteiger partial charge in [-0.3, -0.25) is 4.79 Å². The van der Waals surface area contributed by atoms with Crippen molar-refractivity contribution in [2.45, 2.75) is 38.9 Å². The van der Waals surface area contributed by atoms with Gasteiger partial charge in [-0.05, 0) is 24.5 Å². The van der Waals surface area contributed by atoms with E-state index in [-0.39, 0.29) is 0 Å². The summed E-state index contributed by atoms with van der Waals surface area (Å²) in [6.45, 7) is 6.39. The minimum Gasteiger partial charge on any atom is -0.298 e. The van der Waals surface area contributed by atoms with Crippen LogP contribution in [-0.4, -0.2) is 16.8 Å². The molecule has 0 saturated heterocycles. The summed E-state index contributed by atoms with van der Waals surface area (Å²) in [5.41, 5.74) is 2.38.